The van der Waals surface area contributed by atoms with Gasteiger partial charge in [0.1, 0.15) is 11.4 Å². The molecule has 0 saturated heterocycles. The van der Waals surface area contributed by atoms with Gasteiger partial charge in [0.05, 0.1) is 5.56 Å². The van der Waals surface area contributed by atoms with Gasteiger partial charge in [-0.05, 0) is 32.9 Å². The monoisotopic (exact) mass is 293 g/mol. The van der Waals surface area contributed by atoms with Crippen LogP contribution in [-0.2, 0) is 17.5 Å². The van der Waals surface area contributed by atoms with Gasteiger partial charge in [-0.2, -0.15) is 13.2 Å². The number of ether oxygens (including phenoxy) is 1. The van der Waals surface area contributed by atoms with Crippen molar-refractivity contribution in [1.29, 1.82) is 0 Å². The molecule has 0 fully saturated rings. The molecule has 0 aliphatic heterocycles. The summed E-state index contributed by atoms with van der Waals surface area (Å²) in [7, 11) is 0. The molecule has 0 aliphatic carbocycles. The van der Waals surface area contributed by atoms with Crippen LogP contribution in [0.4, 0.5) is 22.4 Å². The minimum absolute atomic E-state index is 0.0520. The van der Waals surface area contributed by atoms with Crippen molar-refractivity contribution in [2.24, 2.45) is 0 Å². The summed E-state index contributed by atoms with van der Waals surface area (Å²) < 4.78 is 55.4. The fraction of sp³-hybridized carbons (Fsp3) is 0.462. The number of amides is 1. The van der Waals surface area contributed by atoms with E-state index in [0.29, 0.717) is 6.07 Å². The van der Waals surface area contributed by atoms with Gasteiger partial charge in [-0.3, -0.25) is 0 Å². The van der Waals surface area contributed by atoms with Crippen LogP contribution in [0.1, 0.15) is 31.9 Å². The third kappa shape index (κ3) is 5.07. The van der Waals surface area contributed by atoms with E-state index in [1.54, 1.807) is 20.8 Å². The number of carbonyl (C=O) groups excluding carboxylic acids is 1. The highest BCUT2D eigenvalue weighted by Gasteiger charge is 2.31. The Kier molecular flexibility index (Phi) is 4.62. The van der Waals surface area contributed by atoms with Crippen molar-refractivity contribution in [3.05, 3.63) is 35.1 Å². The van der Waals surface area contributed by atoms with Gasteiger partial charge in [0.15, 0.2) is 0 Å². The van der Waals surface area contributed by atoms with Gasteiger partial charge in [0.25, 0.3) is 0 Å². The molecule has 0 bridgehead atoms. The molecule has 1 N–H and O–H groups in total. The van der Waals surface area contributed by atoms with Crippen LogP contribution in [0.15, 0.2) is 18.2 Å². The minimum atomic E-state index is -4.60. The first kappa shape index (κ1) is 16.3. The van der Waals surface area contributed by atoms with Crippen LogP contribution < -0.4 is 5.32 Å². The Morgan fingerprint density at radius 1 is 1.25 bits per heavy atom. The average molecular weight is 293 g/mol. The van der Waals surface area contributed by atoms with Crippen molar-refractivity contribution in [3.8, 4) is 0 Å². The molecule has 0 aliphatic rings. The molecule has 1 aromatic rings. The normalized spacial score (nSPS) is 12.2. The summed E-state index contributed by atoms with van der Waals surface area (Å²) in [6.45, 7) is 4.72. The predicted octanol–water partition coefficient (Wildman–Crippen LogP) is 3.87. The molecule has 112 valence electrons. The van der Waals surface area contributed by atoms with Crippen LogP contribution in [0, 0.1) is 5.82 Å². The number of hydrogen-bond donors (Lipinski definition) is 1. The van der Waals surface area contributed by atoms with Gasteiger partial charge < -0.3 is 10.1 Å². The van der Waals surface area contributed by atoms with Crippen LogP contribution in [-0.4, -0.2) is 11.7 Å². The molecule has 0 heterocycles. The van der Waals surface area contributed by atoms with Crippen LogP contribution in [0.2, 0.25) is 0 Å². The first-order chi connectivity index (χ1) is 8.99. The lowest BCUT2D eigenvalue weighted by molar-refractivity contribution is -0.137. The molecule has 0 saturated carbocycles. The van der Waals surface area contributed by atoms with Crippen molar-refractivity contribution in [3.63, 3.8) is 0 Å². The second-order valence-electron chi connectivity index (χ2n) is 5.16. The van der Waals surface area contributed by atoms with Gasteiger partial charge in [0, 0.05) is 12.1 Å². The minimum Gasteiger partial charge on any atom is -0.444 e. The number of halogens is 4. The summed E-state index contributed by atoms with van der Waals surface area (Å²) >= 11 is 0. The second-order valence-corrected chi connectivity index (χ2v) is 5.16. The Morgan fingerprint density at radius 2 is 1.85 bits per heavy atom. The zero-order chi connectivity index (χ0) is 15.6. The highest BCUT2D eigenvalue weighted by Crippen LogP contribution is 2.30. The lowest BCUT2D eigenvalue weighted by Gasteiger charge is -2.19. The van der Waals surface area contributed by atoms with Gasteiger partial charge in [-0.15, -0.1) is 0 Å². The maximum absolute atomic E-state index is 13.5. The first-order valence-electron chi connectivity index (χ1n) is 5.81. The van der Waals surface area contributed by atoms with E-state index in [2.05, 4.69) is 5.32 Å². The van der Waals surface area contributed by atoms with E-state index in [0.717, 1.165) is 12.1 Å². The molecular formula is C13H15F4NO2. The summed E-state index contributed by atoms with van der Waals surface area (Å²) in [5.41, 5.74) is -1.83. The number of nitrogens with one attached hydrogen (secondary N) is 1. The highest BCUT2D eigenvalue weighted by molar-refractivity contribution is 5.67. The fourth-order valence-electron chi connectivity index (χ4n) is 1.35. The van der Waals surface area contributed by atoms with Gasteiger partial charge in [0.2, 0.25) is 0 Å². The Balaban J connectivity index is 2.68. The molecule has 1 rings (SSSR count). The molecule has 0 spiro atoms. The lowest BCUT2D eigenvalue weighted by Crippen LogP contribution is -2.32. The van der Waals surface area contributed by atoms with E-state index >= 15 is 0 Å². The number of hydrogen-bond acceptors (Lipinski definition) is 2. The summed E-state index contributed by atoms with van der Waals surface area (Å²) in [6.07, 6.45) is -5.37. The highest BCUT2D eigenvalue weighted by atomic mass is 19.4. The molecule has 0 aromatic heterocycles. The SMILES string of the molecule is CC(C)(C)OC(=O)NCc1ccc(C(F)(F)F)cc1F. The average Bonchev–Trinajstić information content (AvgIpc) is 2.23. The molecule has 0 unspecified atom stereocenters. The third-order valence-corrected chi connectivity index (χ3v) is 2.20. The van der Waals surface area contributed by atoms with Crippen molar-refractivity contribution < 1.29 is 27.1 Å². The molecule has 7 heteroatoms. The second kappa shape index (κ2) is 5.68. The van der Waals surface area contributed by atoms with E-state index in [1.165, 1.54) is 0 Å². The summed E-state index contributed by atoms with van der Waals surface area (Å²) in [5.74, 6) is -1.03. The Hall–Kier alpha value is -1.79. The van der Waals surface area contributed by atoms with E-state index < -0.39 is 29.3 Å². The molecule has 1 aromatic carbocycles. The van der Waals surface area contributed by atoms with Crippen molar-refractivity contribution >= 4 is 6.09 Å². The van der Waals surface area contributed by atoms with Crippen molar-refractivity contribution in [1.82, 2.24) is 5.32 Å². The molecule has 0 radical (unpaired) electrons. The largest absolute Gasteiger partial charge is 0.444 e. The number of carbonyl (C=O) groups is 1. The predicted molar refractivity (Wildman–Crippen MR) is 64.5 cm³/mol. The lowest BCUT2D eigenvalue weighted by atomic mass is 10.1. The number of alkyl halides is 3. The molecular weight excluding hydrogens is 278 g/mol. The summed E-state index contributed by atoms with van der Waals surface area (Å²) in [4.78, 5) is 11.3. The summed E-state index contributed by atoms with van der Waals surface area (Å²) in [5, 5.41) is 2.27. The van der Waals surface area contributed by atoms with E-state index in [9.17, 15) is 22.4 Å². The zero-order valence-corrected chi connectivity index (χ0v) is 11.3. The Bertz CT molecular complexity index is 492. The van der Waals surface area contributed by atoms with Crippen LogP contribution >= 0.6 is 0 Å². The number of alkyl carbamates (subject to hydrolysis) is 1. The topological polar surface area (TPSA) is 38.3 Å². The van der Waals surface area contributed by atoms with E-state index in [4.69, 9.17) is 4.74 Å². The maximum Gasteiger partial charge on any atom is 0.416 e. The van der Waals surface area contributed by atoms with Crippen LogP contribution in [0.3, 0.4) is 0 Å². The van der Waals surface area contributed by atoms with Gasteiger partial charge in [-0.1, -0.05) is 6.07 Å². The Labute approximate surface area is 113 Å². The maximum atomic E-state index is 13.5. The van der Waals surface area contributed by atoms with Gasteiger partial charge in [-0.25, -0.2) is 9.18 Å². The Morgan fingerprint density at radius 3 is 2.30 bits per heavy atom. The summed E-state index contributed by atoms with van der Waals surface area (Å²) in [6, 6.07) is 2.14. The number of benzene rings is 1. The van der Waals surface area contributed by atoms with E-state index in [1.807, 2.05) is 0 Å². The molecule has 0 atom stereocenters. The standard InChI is InChI=1S/C13H15F4NO2/c1-12(2,3)20-11(19)18-7-8-4-5-9(6-10(8)14)13(15,16)17/h4-6H,7H2,1-3H3,(H,18,19). The molecule has 1 amide bonds. The first-order valence-corrected chi connectivity index (χ1v) is 5.81. The van der Waals surface area contributed by atoms with E-state index in [-0.39, 0.29) is 12.1 Å². The molecule has 3 nitrogen and oxygen atoms in total. The third-order valence-electron chi connectivity index (χ3n) is 2.20. The van der Waals surface area contributed by atoms with Crippen molar-refractivity contribution in [2.45, 2.75) is 39.1 Å². The fourth-order valence-corrected chi connectivity index (χ4v) is 1.35. The number of rotatable bonds is 2. The van der Waals surface area contributed by atoms with Crippen molar-refractivity contribution in [2.75, 3.05) is 0 Å². The van der Waals surface area contributed by atoms with Crippen LogP contribution in [0.25, 0.3) is 0 Å². The quantitative estimate of drug-likeness (QED) is 0.841. The van der Waals surface area contributed by atoms with Gasteiger partial charge >= 0.3 is 12.3 Å². The molecule has 20 heavy (non-hydrogen) atoms. The smallest absolute Gasteiger partial charge is 0.416 e. The zero-order valence-electron chi connectivity index (χ0n) is 11.3. The van der Waals surface area contributed by atoms with Crippen LogP contribution in [0.5, 0.6) is 0 Å².